The fraction of sp³-hybridized carbons (Fsp3) is 1.00. The standard InChI is InChI=1S/C14H30N2O/c1-3-11-17-12-10-16(2)14(13-15)8-6-4-5-7-9-14/h3-13,15H2,1-2H3. The fourth-order valence-corrected chi connectivity index (χ4v) is 2.81. The van der Waals surface area contributed by atoms with E-state index in [2.05, 4.69) is 18.9 Å². The van der Waals surface area contributed by atoms with Crippen LogP contribution in [0.15, 0.2) is 0 Å². The lowest BCUT2D eigenvalue weighted by molar-refractivity contribution is 0.0547. The van der Waals surface area contributed by atoms with E-state index >= 15 is 0 Å². The van der Waals surface area contributed by atoms with Gasteiger partial charge in [0.1, 0.15) is 0 Å². The molecule has 0 aliphatic heterocycles. The Morgan fingerprint density at radius 1 is 1.12 bits per heavy atom. The van der Waals surface area contributed by atoms with Gasteiger partial charge in [0.25, 0.3) is 0 Å². The number of nitrogens with zero attached hydrogens (tertiary/aromatic N) is 1. The summed E-state index contributed by atoms with van der Waals surface area (Å²) in [6.45, 7) is 5.67. The highest BCUT2D eigenvalue weighted by Crippen LogP contribution is 2.30. The molecule has 0 saturated heterocycles. The second-order valence-electron chi connectivity index (χ2n) is 5.38. The van der Waals surface area contributed by atoms with Crippen molar-refractivity contribution in [3.8, 4) is 0 Å². The number of hydrogen-bond donors (Lipinski definition) is 1. The lowest BCUT2D eigenvalue weighted by Gasteiger charge is -2.41. The van der Waals surface area contributed by atoms with Crippen molar-refractivity contribution in [1.82, 2.24) is 4.90 Å². The van der Waals surface area contributed by atoms with Crippen molar-refractivity contribution in [2.45, 2.75) is 57.4 Å². The molecule has 0 spiro atoms. The molecule has 0 atom stereocenters. The van der Waals surface area contributed by atoms with Gasteiger partial charge in [0.2, 0.25) is 0 Å². The smallest absolute Gasteiger partial charge is 0.0593 e. The Kier molecular flexibility index (Phi) is 7.09. The molecule has 1 rings (SSSR count). The van der Waals surface area contributed by atoms with Gasteiger partial charge in [0.05, 0.1) is 6.61 Å². The van der Waals surface area contributed by atoms with E-state index in [1.807, 2.05) is 0 Å². The van der Waals surface area contributed by atoms with Gasteiger partial charge in [0.15, 0.2) is 0 Å². The Morgan fingerprint density at radius 3 is 2.29 bits per heavy atom. The molecule has 17 heavy (non-hydrogen) atoms. The van der Waals surface area contributed by atoms with Crippen molar-refractivity contribution in [2.24, 2.45) is 5.73 Å². The van der Waals surface area contributed by atoms with Crippen LogP contribution in [0.25, 0.3) is 0 Å². The Hall–Kier alpha value is -0.120. The van der Waals surface area contributed by atoms with Crippen LogP contribution < -0.4 is 5.73 Å². The lowest BCUT2D eigenvalue weighted by atomic mass is 9.88. The van der Waals surface area contributed by atoms with E-state index in [4.69, 9.17) is 10.5 Å². The van der Waals surface area contributed by atoms with Crippen LogP contribution in [0.1, 0.15) is 51.9 Å². The maximum Gasteiger partial charge on any atom is 0.0593 e. The predicted molar refractivity (Wildman–Crippen MR) is 73.2 cm³/mol. The number of hydrogen-bond acceptors (Lipinski definition) is 3. The summed E-state index contributed by atoms with van der Waals surface area (Å²) >= 11 is 0. The van der Waals surface area contributed by atoms with E-state index < -0.39 is 0 Å². The quantitative estimate of drug-likeness (QED) is 0.550. The monoisotopic (exact) mass is 242 g/mol. The zero-order valence-electron chi connectivity index (χ0n) is 11.7. The summed E-state index contributed by atoms with van der Waals surface area (Å²) in [4.78, 5) is 2.45. The molecule has 3 nitrogen and oxygen atoms in total. The summed E-state index contributed by atoms with van der Waals surface area (Å²) in [6.07, 6.45) is 9.03. The molecule has 1 saturated carbocycles. The van der Waals surface area contributed by atoms with Crippen molar-refractivity contribution in [3.05, 3.63) is 0 Å². The van der Waals surface area contributed by atoms with Crippen LogP contribution in [-0.4, -0.2) is 43.8 Å². The van der Waals surface area contributed by atoms with Crippen molar-refractivity contribution in [2.75, 3.05) is 33.4 Å². The van der Waals surface area contributed by atoms with Gasteiger partial charge in [0, 0.05) is 25.2 Å². The van der Waals surface area contributed by atoms with Gasteiger partial charge in [-0.05, 0) is 26.3 Å². The largest absolute Gasteiger partial charge is 0.380 e. The molecule has 0 radical (unpaired) electrons. The summed E-state index contributed by atoms with van der Waals surface area (Å²) in [5.74, 6) is 0. The summed E-state index contributed by atoms with van der Waals surface area (Å²) in [5, 5.41) is 0. The number of likely N-dealkylation sites (N-methyl/N-ethyl adjacent to an activating group) is 1. The van der Waals surface area contributed by atoms with Crippen LogP contribution in [0.5, 0.6) is 0 Å². The third-order valence-electron chi connectivity index (χ3n) is 4.14. The predicted octanol–water partition coefficient (Wildman–Crippen LogP) is 2.40. The zero-order chi connectivity index (χ0) is 12.6. The molecule has 1 fully saturated rings. The average molecular weight is 242 g/mol. The van der Waals surface area contributed by atoms with Crippen LogP contribution in [-0.2, 0) is 4.74 Å². The summed E-state index contributed by atoms with van der Waals surface area (Å²) in [6, 6.07) is 0. The van der Waals surface area contributed by atoms with Gasteiger partial charge in [-0.1, -0.05) is 32.6 Å². The zero-order valence-corrected chi connectivity index (χ0v) is 11.7. The van der Waals surface area contributed by atoms with Crippen LogP contribution in [0.2, 0.25) is 0 Å². The minimum Gasteiger partial charge on any atom is -0.380 e. The van der Waals surface area contributed by atoms with Gasteiger partial charge in [-0.2, -0.15) is 0 Å². The van der Waals surface area contributed by atoms with E-state index in [0.29, 0.717) is 0 Å². The Labute approximate surface area is 107 Å². The van der Waals surface area contributed by atoms with Crippen molar-refractivity contribution in [3.63, 3.8) is 0 Å². The highest BCUT2D eigenvalue weighted by atomic mass is 16.5. The molecule has 102 valence electrons. The maximum atomic E-state index is 6.06. The highest BCUT2D eigenvalue weighted by Gasteiger charge is 2.33. The first-order chi connectivity index (χ1) is 8.25. The van der Waals surface area contributed by atoms with Crippen LogP contribution in [0.3, 0.4) is 0 Å². The van der Waals surface area contributed by atoms with E-state index in [1.54, 1.807) is 0 Å². The Balaban J connectivity index is 2.40. The minimum absolute atomic E-state index is 0.242. The SMILES string of the molecule is CCCOCCN(C)C1(CN)CCCCCC1. The molecule has 0 aromatic heterocycles. The molecule has 2 N–H and O–H groups in total. The topological polar surface area (TPSA) is 38.5 Å². The number of rotatable bonds is 7. The number of nitrogens with two attached hydrogens (primary N) is 1. The normalized spacial score (nSPS) is 20.5. The first-order valence-electron chi connectivity index (χ1n) is 7.24. The van der Waals surface area contributed by atoms with Gasteiger partial charge < -0.3 is 10.5 Å². The molecule has 0 amide bonds. The molecule has 3 heteroatoms. The van der Waals surface area contributed by atoms with Crippen molar-refractivity contribution in [1.29, 1.82) is 0 Å². The second kappa shape index (κ2) is 8.06. The second-order valence-corrected chi connectivity index (χ2v) is 5.38. The van der Waals surface area contributed by atoms with Gasteiger partial charge >= 0.3 is 0 Å². The first kappa shape index (κ1) is 14.9. The van der Waals surface area contributed by atoms with E-state index in [1.165, 1.54) is 38.5 Å². The third kappa shape index (κ3) is 4.57. The van der Waals surface area contributed by atoms with Gasteiger partial charge in [-0.15, -0.1) is 0 Å². The molecule has 0 aromatic rings. The third-order valence-corrected chi connectivity index (χ3v) is 4.14. The molecule has 0 unspecified atom stereocenters. The van der Waals surface area contributed by atoms with Crippen molar-refractivity contribution < 1.29 is 4.74 Å². The molecule has 0 heterocycles. The molecular weight excluding hydrogens is 212 g/mol. The highest BCUT2D eigenvalue weighted by molar-refractivity contribution is 4.91. The van der Waals surface area contributed by atoms with Crippen LogP contribution in [0.4, 0.5) is 0 Å². The lowest BCUT2D eigenvalue weighted by Crippen LogP contribution is -2.52. The summed E-state index contributed by atoms with van der Waals surface area (Å²) in [5.41, 5.74) is 6.30. The van der Waals surface area contributed by atoms with Crippen LogP contribution in [0, 0.1) is 0 Å². The van der Waals surface area contributed by atoms with Gasteiger partial charge in [-0.25, -0.2) is 0 Å². The van der Waals surface area contributed by atoms with E-state index in [9.17, 15) is 0 Å². The molecular formula is C14H30N2O. The maximum absolute atomic E-state index is 6.06. The van der Waals surface area contributed by atoms with Crippen molar-refractivity contribution >= 4 is 0 Å². The molecule has 1 aliphatic carbocycles. The van der Waals surface area contributed by atoms with E-state index in [0.717, 1.165) is 32.7 Å². The minimum atomic E-state index is 0.242. The van der Waals surface area contributed by atoms with E-state index in [-0.39, 0.29) is 5.54 Å². The molecule has 0 bridgehead atoms. The van der Waals surface area contributed by atoms with Gasteiger partial charge in [-0.3, -0.25) is 4.90 Å². The Bertz CT molecular complexity index is 189. The molecule has 0 aromatic carbocycles. The average Bonchev–Trinajstić information content (AvgIpc) is 2.60. The summed E-state index contributed by atoms with van der Waals surface area (Å²) in [7, 11) is 2.22. The van der Waals surface area contributed by atoms with Crippen LogP contribution >= 0.6 is 0 Å². The molecule has 1 aliphatic rings. The Morgan fingerprint density at radius 2 is 1.76 bits per heavy atom. The fourth-order valence-electron chi connectivity index (χ4n) is 2.81. The summed E-state index contributed by atoms with van der Waals surface area (Å²) < 4.78 is 5.58. The number of ether oxygens (including phenoxy) is 1. The first-order valence-corrected chi connectivity index (χ1v) is 7.24.